The molecule has 6 heteroatoms. The molecule has 1 aliphatic carbocycles. The van der Waals surface area contributed by atoms with Gasteiger partial charge in [-0.1, -0.05) is 52.5 Å². The lowest BCUT2D eigenvalue weighted by molar-refractivity contribution is -0.130. The zero-order chi connectivity index (χ0) is 21.1. The molecule has 28 heavy (non-hydrogen) atoms. The summed E-state index contributed by atoms with van der Waals surface area (Å²) in [6, 6.07) is 2.37. The van der Waals surface area contributed by atoms with Crippen molar-refractivity contribution in [2.45, 2.75) is 52.4 Å². The van der Waals surface area contributed by atoms with Crippen LogP contribution in [0.5, 0.6) is 5.75 Å². The maximum atomic E-state index is 14.4. The van der Waals surface area contributed by atoms with Crippen molar-refractivity contribution in [3.63, 3.8) is 0 Å². The highest BCUT2D eigenvalue weighted by atomic mass is 19.2. The van der Waals surface area contributed by atoms with E-state index >= 15 is 0 Å². The van der Waals surface area contributed by atoms with Gasteiger partial charge in [-0.3, -0.25) is 0 Å². The first-order valence-electron chi connectivity index (χ1n) is 9.47. The number of ether oxygens (including phenoxy) is 1. The lowest BCUT2D eigenvalue weighted by Crippen LogP contribution is -2.14. The van der Waals surface area contributed by atoms with E-state index in [1.807, 2.05) is 13.8 Å². The molecule has 0 atom stereocenters. The van der Waals surface area contributed by atoms with Gasteiger partial charge in [-0.2, -0.15) is 0 Å². The fraction of sp³-hybridized carbons (Fsp3) is 0.409. The summed E-state index contributed by atoms with van der Waals surface area (Å²) in [5.74, 6) is -6.01. The number of benzene rings is 1. The number of carbonyl (C=O) groups is 1. The van der Waals surface area contributed by atoms with Gasteiger partial charge in [-0.15, -0.1) is 0 Å². The molecule has 0 bridgehead atoms. The molecule has 1 aromatic rings. The number of carbonyl (C=O) groups excluding carboxylic acids is 1. The largest absolute Gasteiger partial charge is 0.423 e. The van der Waals surface area contributed by atoms with Gasteiger partial charge in [0.15, 0.2) is 11.6 Å². The van der Waals surface area contributed by atoms with Crippen molar-refractivity contribution in [1.29, 1.82) is 0 Å². The predicted octanol–water partition coefficient (Wildman–Crippen LogP) is 7.13. The zero-order valence-electron chi connectivity index (χ0n) is 16.2. The molecule has 0 unspecified atom stereocenters. The molecule has 0 heterocycles. The Balaban J connectivity index is 0.00000190. The lowest BCUT2D eigenvalue weighted by Gasteiger charge is -2.19. The number of halogens is 4. The highest BCUT2D eigenvalue weighted by molar-refractivity contribution is 5.95. The Labute approximate surface area is 163 Å². The first-order valence-corrected chi connectivity index (χ1v) is 9.47. The Kier molecular flexibility index (Phi) is 10.3. The molecule has 0 radical (unpaired) electrons. The molecule has 1 aliphatic rings. The van der Waals surface area contributed by atoms with E-state index in [2.05, 4.69) is 6.58 Å². The van der Waals surface area contributed by atoms with Crippen molar-refractivity contribution >= 4 is 5.97 Å². The van der Waals surface area contributed by atoms with Crippen LogP contribution in [0.3, 0.4) is 0 Å². The molecule has 2 rings (SSSR count). The molecule has 0 spiro atoms. The van der Waals surface area contributed by atoms with Gasteiger partial charge in [0.05, 0.1) is 0 Å². The van der Waals surface area contributed by atoms with Crippen LogP contribution in [0.15, 0.2) is 54.2 Å². The normalized spacial score (nSPS) is 15.9. The summed E-state index contributed by atoms with van der Waals surface area (Å²) < 4.78 is 59.3. The van der Waals surface area contributed by atoms with Gasteiger partial charge in [-0.25, -0.2) is 22.4 Å². The summed E-state index contributed by atoms with van der Waals surface area (Å²) >= 11 is 0. The van der Waals surface area contributed by atoms with Crippen molar-refractivity contribution in [3.8, 4) is 5.75 Å². The van der Waals surface area contributed by atoms with Crippen molar-refractivity contribution in [2.75, 3.05) is 0 Å². The summed E-state index contributed by atoms with van der Waals surface area (Å²) in [7, 11) is 0. The van der Waals surface area contributed by atoms with E-state index in [-0.39, 0.29) is 5.75 Å². The smallest absolute Gasteiger partial charge is 0.349 e. The monoisotopic (exact) mass is 398 g/mol. The van der Waals surface area contributed by atoms with E-state index in [9.17, 15) is 22.4 Å². The molecule has 0 amide bonds. The molecule has 1 saturated carbocycles. The van der Waals surface area contributed by atoms with Crippen LogP contribution >= 0.6 is 0 Å². The Morgan fingerprint density at radius 2 is 1.79 bits per heavy atom. The Morgan fingerprint density at radius 1 is 1.14 bits per heavy atom. The van der Waals surface area contributed by atoms with Gasteiger partial charge in [-0.05, 0) is 36.6 Å². The number of rotatable bonds is 6. The Hall–Kier alpha value is -2.37. The minimum absolute atomic E-state index is 0.296. The van der Waals surface area contributed by atoms with Crippen LogP contribution in [0.2, 0.25) is 0 Å². The van der Waals surface area contributed by atoms with E-state index in [4.69, 9.17) is 4.74 Å². The van der Waals surface area contributed by atoms with Gasteiger partial charge in [0.2, 0.25) is 0 Å². The summed E-state index contributed by atoms with van der Waals surface area (Å²) in [6.07, 6.45) is 7.47. The van der Waals surface area contributed by atoms with Crippen molar-refractivity contribution < 1.29 is 27.1 Å². The van der Waals surface area contributed by atoms with Gasteiger partial charge >= 0.3 is 5.97 Å². The Bertz CT molecular complexity index is 732. The van der Waals surface area contributed by atoms with Crippen molar-refractivity contribution in [1.82, 2.24) is 0 Å². The van der Waals surface area contributed by atoms with Crippen LogP contribution in [-0.4, -0.2) is 5.97 Å². The summed E-state index contributed by atoms with van der Waals surface area (Å²) in [6.45, 7) is 7.18. The SMILES string of the molecule is C=C/C(F)=C(C(=O)Oc1ccc(F)c(F)c1)\C(F)=C/CC1CCCCC1.CC. The third-order valence-corrected chi connectivity index (χ3v) is 4.32. The van der Waals surface area contributed by atoms with Crippen molar-refractivity contribution in [2.24, 2.45) is 5.92 Å². The number of hydrogen-bond donors (Lipinski definition) is 0. The minimum Gasteiger partial charge on any atom is -0.423 e. The quantitative estimate of drug-likeness (QED) is 0.167. The van der Waals surface area contributed by atoms with Gasteiger partial charge in [0.1, 0.15) is 23.0 Å². The van der Waals surface area contributed by atoms with E-state index in [1.165, 1.54) is 6.08 Å². The average Bonchev–Trinajstić information content (AvgIpc) is 2.71. The molecule has 2 nitrogen and oxygen atoms in total. The van der Waals surface area contributed by atoms with Crippen LogP contribution in [0, 0.1) is 17.6 Å². The fourth-order valence-corrected chi connectivity index (χ4v) is 2.90. The highest BCUT2D eigenvalue weighted by Crippen LogP contribution is 2.29. The van der Waals surface area contributed by atoms with Crippen molar-refractivity contribution in [3.05, 3.63) is 65.8 Å². The van der Waals surface area contributed by atoms with E-state index in [0.29, 0.717) is 24.5 Å². The fourth-order valence-electron chi connectivity index (χ4n) is 2.90. The van der Waals surface area contributed by atoms with Crippen LogP contribution in [0.1, 0.15) is 52.4 Å². The minimum atomic E-state index is -1.34. The number of esters is 1. The van der Waals surface area contributed by atoms with E-state index < -0.39 is 34.8 Å². The number of allylic oxidation sites excluding steroid dienone is 3. The second-order valence-electron chi connectivity index (χ2n) is 6.18. The summed E-state index contributed by atoms with van der Waals surface area (Å²) in [4.78, 5) is 12.1. The second-order valence-corrected chi connectivity index (χ2v) is 6.18. The van der Waals surface area contributed by atoms with Gasteiger partial charge in [0.25, 0.3) is 0 Å². The molecule has 0 N–H and O–H groups in total. The molecule has 154 valence electrons. The zero-order valence-corrected chi connectivity index (χ0v) is 16.2. The summed E-state index contributed by atoms with van der Waals surface area (Å²) in [5.41, 5.74) is -0.916. The van der Waals surface area contributed by atoms with Gasteiger partial charge in [0, 0.05) is 6.07 Å². The van der Waals surface area contributed by atoms with Crippen LogP contribution in [0.25, 0.3) is 0 Å². The third kappa shape index (κ3) is 6.98. The maximum Gasteiger partial charge on any atom is 0.349 e. The van der Waals surface area contributed by atoms with E-state index in [1.54, 1.807) is 0 Å². The predicted molar refractivity (Wildman–Crippen MR) is 102 cm³/mol. The molecular formula is C22H26F4O2. The molecule has 0 aromatic heterocycles. The van der Waals surface area contributed by atoms with Crippen LogP contribution in [0.4, 0.5) is 17.6 Å². The molecule has 0 saturated heterocycles. The second kappa shape index (κ2) is 12.2. The van der Waals surface area contributed by atoms with E-state index in [0.717, 1.165) is 44.2 Å². The maximum absolute atomic E-state index is 14.4. The average molecular weight is 398 g/mol. The first-order chi connectivity index (χ1) is 13.4. The third-order valence-electron chi connectivity index (χ3n) is 4.32. The molecule has 1 fully saturated rings. The molecular weight excluding hydrogens is 372 g/mol. The van der Waals surface area contributed by atoms with Crippen LogP contribution in [-0.2, 0) is 4.79 Å². The number of hydrogen-bond acceptors (Lipinski definition) is 2. The molecule has 0 aliphatic heterocycles. The van der Waals surface area contributed by atoms with Crippen LogP contribution < -0.4 is 4.74 Å². The highest BCUT2D eigenvalue weighted by Gasteiger charge is 2.23. The lowest BCUT2D eigenvalue weighted by atomic mass is 9.87. The van der Waals surface area contributed by atoms with Gasteiger partial charge < -0.3 is 4.74 Å². The topological polar surface area (TPSA) is 26.3 Å². The molecule has 1 aromatic carbocycles. The Morgan fingerprint density at radius 3 is 2.36 bits per heavy atom. The first kappa shape index (κ1) is 23.7. The summed E-state index contributed by atoms with van der Waals surface area (Å²) in [5, 5.41) is 0. The standard InChI is InChI=1S/C20H20F4O2.C2H6/c1-2-15(21)19(17(23)10-8-13-6-4-3-5-7-13)20(25)26-14-9-11-16(22)18(24)12-14;1-2/h2,9-13H,1,3-8H2;1-2H3/b17-10+,19-15-;.